The maximum atomic E-state index is 12.9. The van der Waals surface area contributed by atoms with Gasteiger partial charge in [0.25, 0.3) is 5.91 Å². The molecular formula is C13H14BrF3N6O. The van der Waals surface area contributed by atoms with Crippen LogP contribution in [0.4, 0.5) is 13.2 Å². The zero-order valence-corrected chi connectivity index (χ0v) is 14.5. The molecule has 0 bridgehead atoms. The number of halogens is 4. The van der Waals surface area contributed by atoms with Crippen LogP contribution >= 0.6 is 15.9 Å². The van der Waals surface area contributed by atoms with Gasteiger partial charge in [-0.1, -0.05) is 0 Å². The lowest BCUT2D eigenvalue weighted by Crippen LogP contribution is -2.42. The zero-order chi connectivity index (χ0) is 17.6. The van der Waals surface area contributed by atoms with Crippen molar-refractivity contribution in [3.63, 3.8) is 0 Å². The normalized spacial score (nSPS) is 17.9. The Morgan fingerprint density at radius 2 is 2.08 bits per heavy atom. The Morgan fingerprint density at radius 1 is 1.38 bits per heavy atom. The number of carbonyl (C=O) groups is 1. The fourth-order valence-electron chi connectivity index (χ4n) is 2.82. The number of aromatic nitrogens is 5. The lowest BCUT2D eigenvalue weighted by atomic mass is 10.2. The van der Waals surface area contributed by atoms with Crippen molar-refractivity contribution in [2.45, 2.75) is 39.2 Å². The summed E-state index contributed by atoms with van der Waals surface area (Å²) in [5.74, 6) is -1.21. The second kappa shape index (κ2) is 5.87. The van der Waals surface area contributed by atoms with Crippen LogP contribution in [0.1, 0.15) is 42.0 Å². The second-order valence-corrected chi connectivity index (χ2v) is 6.22. The predicted molar refractivity (Wildman–Crippen MR) is 80.1 cm³/mol. The molecule has 0 fully saturated rings. The van der Waals surface area contributed by atoms with Crippen LogP contribution in [0.15, 0.2) is 10.7 Å². The van der Waals surface area contributed by atoms with Gasteiger partial charge in [0.05, 0.1) is 16.7 Å². The molecule has 2 aromatic heterocycles. The molecular weight excluding hydrogens is 393 g/mol. The quantitative estimate of drug-likeness (QED) is 0.768. The fraction of sp³-hybridized carbons (Fsp3) is 0.538. The maximum Gasteiger partial charge on any atom is 0.451 e. The highest BCUT2D eigenvalue weighted by Crippen LogP contribution is 2.33. The van der Waals surface area contributed by atoms with Gasteiger partial charge in [-0.25, -0.2) is 0 Å². The van der Waals surface area contributed by atoms with Gasteiger partial charge in [-0.2, -0.15) is 18.3 Å². The highest BCUT2D eigenvalue weighted by molar-refractivity contribution is 9.10. The molecule has 24 heavy (non-hydrogen) atoms. The number of fused-ring (bicyclic) bond motifs is 1. The number of rotatable bonds is 2. The summed E-state index contributed by atoms with van der Waals surface area (Å²) in [6, 6.07) is -0.623. The largest absolute Gasteiger partial charge is 0.451 e. The Balaban J connectivity index is 1.94. The molecule has 3 rings (SSSR count). The van der Waals surface area contributed by atoms with Gasteiger partial charge in [0.1, 0.15) is 5.69 Å². The lowest BCUT2D eigenvalue weighted by molar-refractivity contribution is -0.148. The third-order valence-electron chi connectivity index (χ3n) is 4.00. The van der Waals surface area contributed by atoms with Crippen molar-refractivity contribution in [2.24, 2.45) is 0 Å². The molecule has 0 aromatic carbocycles. The van der Waals surface area contributed by atoms with Crippen LogP contribution in [-0.4, -0.2) is 41.9 Å². The van der Waals surface area contributed by atoms with Crippen molar-refractivity contribution in [2.75, 3.05) is 6.54 Å². The number of aryl methyl sites for hydroxylation is 1. The van der Waals surface area contributed by atoms with Crippen molar-refractivity contribution >= 4 is 21.8 Å². The lowest BCUT2D eigenvalue weighted by Gasteiger charge is -2.33. The van der Waals surface area contributed by atoms with E-state index >= 15 is 0 Å². The summed E-state index contributed by atoms with van der Waals surface area (Å²) in [5.41, 5.74) is 0.369. The summed E-state index contributed by atoms with van der Waals surface area (Å²) >= 11 is 3.29. The molecule has 1 atom stereocenters. The maximum absolute atomic E-state index is 12.9. The smallest absolute Gasteiger partial charge is 0.326 e. The van der Waals surface area contributed by atoms with Crippen molar-refractivity contribution in [3.8, 4) is 0 Å². The van der Waals surface area contributed by atoms with E-state index in [-0.39, 0.29) is 24.8 Å². The molecule has 3 heterocycles. The second-order valence-electron chi connectivity index (χ2n) is 5.36. The Labute approximate surface area is 143 Å². The first-order chi connectivity index (χ1) is 11.3. The van der Waals surface area contributed by atoms with Crippen LogP contribution in [0.5, 0.6) is 0 Å². The van der Waals surface area contributed by atoms with Gasteiger partial charge in [0, 0.05) is 19.6 Å². The predicted octanol–water partition coefficient (Wildman–Crippen LogP) is 2.49. The molecule has 0 saturated carbocycles. The SMILES string of the molecule is CCn1ncc(Br)c1C(=O)N1CCn2c(nnc2C(F)(F)F)C1C. The first-order valence-electron chi connectivity index (χ1n) is 7.28. The van der Waals surface area contributed by atoms with E-state index < -0.39 is 18.0 Å². The van der Waals surface area contributed by atoms with Gasteiger partial charge in [-0.3, -0.25) is 9.48 Å². The molecule has 0 saturated heterocycles. The third-order valence-corrected chi connectivity index (χ3v) is 4.58. The summed E-state index contributed by atoms with van der Waals surface area (Å²) in [5, 5.41) is 11.0. The summed E-state index contributed by atoms with van der Waals surface area (Å²) in [7, 11) is 0. The molecule has 1 aliphatic rings. The van der Waals surface area contributed by atoms with E-state index in [1.807, 2.05) is 6.92 Å². The third kappa shape index (κ3) is 2.60. The van der Waals surface area contributed by atoms with Gasteiger partial charge < -0.3 is 9.47 Å². The van der Waals surface area contributed by atoms with Crippen LogP contribution in [-0.2, 0) is 19.3 Å². The number of hydrogen-bond donors (Lipinski definition) is 0. The van der Waals surface area contributed by atoms with Gasteiger partial charge in [0.2, 0.25) is 5.82 Å². The number of carbonyl (C=O) groups excluding carboxylic acids is 1. The molecule has 0 aliphatic carbocycles. The molecule has 1 unspecified atom stereocenters. The van der Waals surface area contributed by atoms with Gasteiger partial charge in [-0.05, 0) is 29.8 Å². The van der Waals surface area contributed by atoms with E-state index in [4.69, 9.17) is 0 Å². The zero-order valence-electron chi connectivity index (χ0n) is 12.9. The van der Waals surface area contributed by atoms with Crippen molar-refractivity contribution in [3.05, 3.63) is 28.0 Å². The highest BCUT2D eigenvalue weighted by atomic mass is 79.9. The van der Waals surface area contributed by atoms with E-state index in [9.17, 15) is 18.0 Å². The van der Waals surface area contributed by atoms with Crippen LogP contribution in [0.3, 0.4) is 0 Å². The molecule has 0 radical (unpaired) electrons. The number of nitrogens with zero attached hydrogens (tertiary/aromatic N) is 6. The Hall–Kier alpha value is -1.91. The molecule has 0 N–H and O–H groups in total. The van der Waals surface area contributed by atoms with Crippen molar-refractivity contribution in [1.82, 2.24) is 29.4 Å². The number of hydrogen-bond acceptors (Lipinski definition) is 4. The van der Waals surface area contributed by atoms with Crippen LogP contribution in [0.25, 0.3) is 0 Å². The average molecular weight is 407 g/mol. The molecule has 2 aromatic rings. The van der Waals surface area contributed by atoms with E-state index in [0.29, 0.717) is 16.7 Å². The topological polar surface area (TPSA) is 68.8 Å². The molecule has 1 aliphatic heterocycles. The Kier molecular flexibility index (Phi) is 4.14. The fourth-order valence-corrected chi connectivity index (χ4v) is 3.29. The Bertz CT molecular complexity index is 783. The molecule has 11 heteroatoms. The van der Waals surface area contributed by atoms with Gasteiger partial charge in [-0.15, -0.1) is 10.2 Å². The first-order valence-corrected chi connectivity index (χ1v) is 8.07. The monoisotopic (exact) mass is 406 g/mol. The average Bonchev–Trinajstić information content (AvgIpc) is 3.10. The summed E-state index contributed by atoms with van der Waals surface area (Å²) in [6.45, 7) is 4.12. The van der Waals surface area contributed by atoms with Crippen LogP contribution < -0.4 is 0 Å². The molecule has 0 spiro atoms. The Morgan fingerprint density at radius 3 is 2.71 bits per heavy atom. The molecule has 130 valence electrons. The van der Waals surface area contributed by atoms with Gasteiger partial charge >= 0.3 is 6.18 Å². The number of alkyl halides is 3. The minimum atomic E-state index is -4.57. The van der Waals surface area contributed by atoms with Crippen LogP contribution in [0, 0.1) is 0 Å². The van der Waals surface area contributed by atoms with Crippen molar-refractivity contribution in [1.29, 1.82) is 0 Å². The van der Waals surface area contributed by atoms with Crippen LogP contribution in [0.2, 0.25) is 0 Å². The number of amides is 1. The molecule has 1 amide bonds. The van der Waals surface area contributed by atoms with E-state index in [0.717, 1.165) is 4.57 Å². The van der Waals surface area contributed by atoms with Crippen molar-refractivity contribution < 1.29 is 18.0 Å². The van der Waals surface area contributed by atoms with E-state index in [2.05, 4.69) is 31.2 Å². The standard InChI is InChI=1S/C13H14BrF3N6O/c1-3-23-9(8(14)6-18-23)11(24)21-4-5-22-10(7(21)2)19-20-12(22)13(15,16)17/h6-7H,3-5H2,1-2H3. The summed E-state index contributed by atoms with van der Waals surface area (Å²) in [6.07, 6.45) is -3.05. The van der Waals surface area contributed by atoms with Gasteiger partial charge in [0.15, 0.2) is 5.82 Å². The summed E-state index contributed by atoms with van der Waals surface area (Å²) in [4.78, 5) is 14.3. The highest BCUT2D eigenvalue weighted by Gasteiger charge is 2.42. The first kappa shape index (κ1) is 16.9. The molecule has 7 nitrogen and oxygen atoms in total. The minimum absolute atomic E-state index is 0.00879. The van der Waals surface area contributed by atoms with E-state index in [1.54, 1.807) is 11.6 Å². The van der Waals surface area contributed by atoms with E-state index in [1.165, 1.54) is 11.1 Å². The summed E-state index contributed by atoms with van der Waals surface area (Å²) < 4.78 is 42.0. The minimum Gasteiger partial charge on any atom is -0.326 e.